The summed E-state index contributed by atoms with van der Waals surface area (Å²) in [5, 5.41) is 0. The topological polar surface area (TPSA) is 65.1 Å². The minimum atomic E-state index is -0.609. The Bertz CT molecular complexity index is 884. The van der Waals surface area contributed by atoms with Gasteiger partial charge in [-0.25, -0.2) is 4.79 Å². The number of rotatable bonds is 8. The molecule has 2 rings (SSSR count). The Morgan fingerprint density at radius 2 is 1.67 bits per heavy atom. The van der Waals surface area contributed by atoms with E-state index in [9.17, 15) is 9.59 Å². The Kier molecular flexibility index (Phi) is 8.04. The van der Waals surface area contributed by atoms with Crippen molar-refractivity contribution < 1.29 is 23.8 Å². The van der Waals surface area contributed by atoms with Gasteiger partial charge in [0.25, 0.3) is 5.91 Å². The molecule has 0 unspecified atom stereocenters. The number of hydrogen-bond acceptors (Lipinski definition) is 5. The maximum atomic E-state index is 12.7. The predicted octanol–water partition coefficient (Wildman–Crippen LogP) is 4.09. The Morgan fingerprint density at radius 1 is 0.967 bits per heavy atom. The molecule has 0 heterocycles. The molecule has 0 aromatic heterocycles. The van der Waals surface area contributed by atoms with E-state index in [0.29, 0.717) is 23.6 Å². The van der Waals surface area contributed by atoms with E-state index in [4.69, 9.17) is 14.2 Å². The van der Waals surface area contributed by atoms with Crippen LogP contribution in [0.1, 0.15) is 31.9 Å². The Hall–Kier alpha value is -3.28. The van der Waals surface area contributed by atoms with Crippen molar-refractivity contribution in [3.8, 4) is 11.5 Å². The molecule has 0 fully saturated rings. The monoisotopic (exact) mass is 411 g/mol. The summed E-state index contributed by atoms with van der Waals surface area (Å²) in [7, 11) is 3.07. The normalized spacial score (nSPS) is 11.2. The number of para-hydroxylation sites is 1. The van der Waals surface area contributed by atoms with Gasteiger partial charge in [0.15, 0.2) is 18.1 Å². The van der Waals surface area contributed by atoms with Gasteiger partial charge in [0.2, 0.25) is 0 Å². The van der Waals surface area contributed by atoms with Gasteiger partial charge >= 0.3 is 5.97 Å². The van der Waals surface area contributed by atoms with E-state index in [1.807, 2.05) is 51.1 Å². The summed E-state index contributed by atoms with van der Waals surface area (Å²) in [6.45, 7) is 5.96. The smallest absolute Gasteiger partial charge is 0.331 e. The third-order valence-corrected chi connectivity index (χ3v) is 4.46. The molecule has 2 aromatic rings. The van der Waals surface area contributed by atoms with E-state index in [1.54, 1.807) is 36.3 Å². The van der Waals surface area contributed by atoms with Crippen LogP contribution < -0.4 is 9.47 Å². The molecule has 6 nitrogen and oxygen atoms in total. The van der Waals surface area contributed by atoms with Crippen LogP contribution >= 0.6 is 0 Å². The first-order valence-electron chi connectivity index (χ1n) is 9.66. The van der Waals surface area contributed by atoms with E-state index in [-0.39, 0.29) is 12.5 Å². The van der Waals surface area contributed by atoms with Crippen molar-refractivity contribution in [2.45, 2.75) is 32.9 Å². The van der Waals surface area contributed by atoms with Gasteiger partial charge < -0.3 is 19.1 Å². The third-order valence-electron chi connectivity index (χ3n) is 4.46. The molecule has 1 amide bonds. The number of esters is 1. The van der Waals surface area contributed by atoms with Gasteiger partial charge in [0.1, 0.15) is 0 Å². The summed E-state index contributed by atoms with van der Waals surface area (Å²) in [5.74, 6) is 0.209. The second kappa shape index (κ2) is 10.5. The molecule has 30 heavy (non-hydrogen) atoms. The van der Waals surface area contributed by atoms with E-state index in [1.165, 1.54) is 13.2 Å². The first-order valence-corrected chi connectivity index (χ1v) is 9.66. The van der Waals surface area contributed by atoms with Gasteiger partial charge in [-0.1, -0.05) is 42.5 Å². The van der Waals surface area contributed by atoms with E-state index in [2.05, 4.69) is 0 Å². The summed E-state index contributed by atoms with van der Waals surface area (Å²) in [6.07, 6.45) is 2.84. The number of carbonyl (C=O) groups is 2. The highest BCUT2D eigenvalue weighted by atomic mass is 16.5. The first-order chi connectivity index (χ1) is 14.3. The van der Waals surface area contributed by atoms with Gasteiger partial charge in [-0.05, 0) is 38.5 Å². The quantitative estimate of drug-likeness (QED) is 0.484. The van der Waals surface area contributed by atoms with Crippen LogP contribution in [-0.4, -0.2) is 43.1 Å². The largest absolute Gasteiger partial charge is 0.493 e. The number of carbonyl (C=O) groups excluding carboxylic acids is 2. The second-order valence-electron chi connectivity index (χ2n) is 7.66. The second-order valence-corrected chi connectivity index (χ2v) is 7.66. The van der Waals surface area contributed by atoms with Crippen molar-refractivity contribution in [3.63, 3.8) is 0 Å². The number of benzene rings is 2. The summed E-state index contributed by atoms with van der Waals surface area (Å²) in [4.78, 5) is 26.6. The number of nitrogens with zero attached hydrogens (tertiary/aromatic N) is 1. The zero-order valence-electron chi connectivity index (χ0n) is 18.2. The average Bonchev–Trinajstić information content (AvgIpc) is 2.73. The van der Waals surface area contributed by atoms with Crippen LogP contribution in [0.4, 0.5) is 0 Å². The lowest BCUT2D eigenvalue weighted by Crippen LogP contribution is -2.46. The van der Waals surface area contributed by atoms with Crippen LogP contribution in [0.2, 0.25) is 0 Å². The molecular formula is C24H29NO5. The van der Waals surface area contributed by atoms with Gasteiger partial charge in [0, 0.05) is 23.7 Å². The number of ether oxygens (including phenoxy) is 3. The summed E-state index contributed by atoms with van der Waals surface area (Å²) < 4.78 is 15.8. The number of methoxy groups -OCH3 is 2. The summed E-state index contributed by atoms with van der Waals surface area (Å²) in [5.41, 5.74) is 1.26. The van der Waals surface area contributed by atoms with Crippen LogP contribution in [0.3, 0.4) is 0 Å². The molecule has 0 aliphatic heterocycles. The predicted molar refractivity (Wildman–Crippen MR) is 116 cm³/mol. The fourth-order valence-corrected chi connectivity index (χ4v) is 2.93. The van der Waals surface area contributed by atoms with Crippen LogP contribution in [-0.2, 0) is 20.9 Å². The average molecular weight is 411 g/mol. The van der Waals surface area contributed by atoms with Gasteiger partial charge in [-0.3, -0.25) is 4.79 Å². The number of hydrogen-bond donors (Lipinski definition) is 0. The molecule has 0 aliphatic rings. The maximum absolute atomic E-state index is 12.7. The van der Waals surface area contributed by atoms with Crippen LogP contribution in [0.25, 0.3) is 6.08 Å². The third kappa shape index (κ3) is 6.37. The highest BCUT2D eigenvalue weighted by Gasteiger charge is 2.27. The van der Waals surface area contributed by atoms with E-state index in [0.717, 1.165) is 5.56 Å². The van der Waals surface area contributed by atoms with Crippen molar-refractivity contribution in [2.75, 3.05) is 20.8 Å². The Balaban J connectivity index is 2.02. The first kappa shape index (κ1) is 23.0. The molecule has 0 bridgehead atoms. The Labute approximate surface area is 178 Å². The van der Waals surface area contributed by atoms with Gasteiger partial charge in [-0.15, -0.1) is 0 Å². The molecule has 0 saturated carbocycles. The van der Waals surface area contributed by atoms with Crippen molar-refractivity contribution in [1.29, 1.82) is 0 Å². The SMILES string of the molecule is COc1cccc(C=CC(=O)OCC(=O)N(Cc2ccccc2)C(C)(C)C)c1OC. The molecule has 160 valence electrons. The minimum Gasteiger partial charge on any atom is -0.493 e. The lowest BCUT2D eigenvalue weighted by atomic mass is 10.0. The number of amides is 1. The zero-order valence-corrected chi connectivity index (χ0v) is 18.2. The molecule has 6 heteroatoms. The zero-order chi connectivity index (χ0) is 22.1. The van der Waals surface area contributed by atoms with Gasteiger partial charge in [-0.2, -0.15) is 0 Å². The molecular weight excluding hydrogens is 382 g/mol. The summed E-state index contributed by atoms with van der Waals surface area (Å²) in [6, 6.07) is 15.1. The fraction of sp³-hybridized carbons (Fsp3) is 0.333. The standard InChI is InChI=1S/C24H29NO5/c1-24(2,3)25(16-18-10-7-6-8-11-18)21(26)17-30-22(27)15-14-19-12-9-13-20(28-4)23(19)29-5/h6-15H,16-17H2,1-5H3. The van der Waals surface area contributed by atoms with Gasteiger partial charge in [0.05, 0.1) is 14.2 Å². The van der Waals surface area contributed by atoms with Crippen molar-refractivity contribution in [2.24, 2.45) is 0 Å². The molecule has 0 aliphatic carbocycles. The van der Waals surface area contributed by atoms with Crippen molar-refractivity contribution in [1.82, 2.24) is 4.90 Å². The van der Waals surface area contributed by atoms with Crippen LogP contribution in [0.5, 0.6) is 11.5 Å². The summed E-state index contributed by atoms with van der Waals surface area (Å²) >= 11 is 0. The molecule has 0 atom stereocenters. The fourth-order valence-electron chi connectivity index (χ4n) is 2.93. The molecule has 0 radical (unpaired) electrons. The van der Waals surface area contributed by atoms with Crippen molar-refractivity contribution >= 4 is 18.0 Å². The Morgan fingerprint density at radius 3 is 2.27 bits per heavy atom. The molecule has 0 spiro atoms. The van der Waals surface area contributed by atoms with Crippen molar-refractivity contribution in [3.05, 3.63) is 65.7 Å². The highest BCUT2D eigenvalue weighted by Crippen LogP contribution is 2.31. The van der Waals surface area contributed by atoms with Crippen LogP contribution in [0.15, 0.2) is 54.6 Å². The minimum absolute atomic E-state index is 0.257. The lowest BCUT2D eigenvalue weighted by Gasteiger charge is -2.35. The van der Waals surface area contributed by atoms with E-state index < -0.39 is 11.5 Å². The van der Waals surface area contributed by atoms with Crippen LogP contribution in [0, 0.1) is 0 Å². The highest BCUT2D eigenvalue weighted by molar-refractivity contribution is 5.90. The molecule has 0 N–H and O–H groups in total. The molecule has 0 saturated heterocycles. The lowest BCUT2D eigenvalue weighted by molar-refractivity contribution is -0.151. The van der Waals surface area contributed by atoms with E-state index >= 15 is 0 Å². The maximum Gasteiger partial charge on any atom is 0.331 e. The molecule has 2 aromatic carbocycles.